The standard InChI is InChI=1S/C26H32ClN5O4/c1-14-23(31-21-8-7-17(10-28)9-20(21)27)29-13-30-24(14)35-22-18-11-32(25(33)36-26(4,5)6)12-19(22)16(3)34-15(18)2/h7-9,13,15-16,18-19,22H,11-12H2,1-6H3,(H,29,30,31). The fourth-order valence-electron chi connectivity index (χ4n) is 4.75. The molecule has 0 radical (unpaired) electrons. The molecule has 9 nitrogen and oxygen atoms in total. The van der Waals surface area contributed by atoms with Gasteiger partial charge in [0, 0.05) is 24.9 Å². The van der Waals surface area contributed by atoms with E-state index in [9.17, 15) is 4.79 Å². The highest BCUT2D eigenvalue weighted by atomic mass is 35.5. The summed E-state index contributed by atoms with van der Waals surface area (Å²) in [6, 6.07) is 7.09. The Labute approximate surface area is 216 Å². The van der Waals surface area contributed by atoms with E-state index >= 15 is 0 Å². The average Bonchev–Trinajstić information content (AvgIpc) is 2.80. The number of piperidine rings is 1. The molecule has 2 aliphatic rings. The summed E-state index contributed by atoms with van der Waals surface area (Å²) in [6.45, 7) is 12.4. The smallest absolute Gasteiger partial charge is 0.410 e. The molecule has 192 valence electrons. The first-order valence-corrected chi connectivity index (χ1v) is 12.4. The minimum Gasteiger partial charge on any atom is -0.473 e. The maximum absolute atomic E-state index is 12.8. The number of nitrogens with one attached hydrogen (secondary N) is 1. The number of anilines is 2. The Morgan fingerprint density at radius 1 is 1.22 bits per heavy atom. The molecular weight excluding hydrogens is 482 g/mol. The Kier molecular flexibility index (Phi) is 7.30. The maximum Gasteiger partial charge on any atom is 0.410 e. The SMILES string of the molecule is Cc1c(Nc2ccc(C#N)cc2Cl)ncnc1OC1C2CN(C(=O)OC(C)(C)C)CC1C(C)OC2C. The first-order valence-electron chi connectivity index (χ1n) is 12.0. The number of likely N-dealkylation sites (tertiary alicyclic amines) is 1. The molecule has 4 rings (SSSR count). The van der Waals surface area contributed by atoms with Crippen LogP contribution < -0.4 is 10.1 Å². The first-order chi connectivity index (χ1) is 17.0. The molecule has 10 heteroatoms. The fourth-order valence-corrected chi connectivity index (χ4v) is 4.98. The summed E-state index contributed by atoms with van der Waals surface area (Å²) in [7, 11) is 0. The summed E-state index contributed by atoms with van der Waals surface area (Å²) in [6.07, 6.45) is 0.716. The number of benzene rings is 1. The summed E-state index contributed by atoms with van der Waals surface area (Å²) in [5.74, 6) is 0.919. The summed E-state index contributed by atoms with van der Waals surface area (Å²) in [5.41, 5.74) is 1.27. The number of ether oxygens (including phenoxy) is 3. The second kappa shape index (κ2) is 10.1. The zero-order chi connectivity index (χ0) is 26.2. The number of nitriles is 1. The molecular formula is C26H32ClN5O4. The van der Waals surface area contributed by atoms with Crippen molar-refractivity contribution in [1.82, 2.24) is 14.9 Å². The number of aromatic nitrogens is 2. The lowest BCUT2D eigenvalue weighted by Gasteiger charge is -2.51. The lowest BCUT2D eigenvalue weighted by molar-refractivity contribution is -0.181. The third-order valence-corrected chi connectivity index (χ3v) is 6.94. The van der Waals surface area contributed by atoms with Crippen LogP contribution in [0.1, 0.15) is 45.7 Å². The lowest BCUT2D eigenvalue weighted by Crippen LogP contribution is -2.63. The van der Waals surface area contributed by atoms with Crippen molar-refractivity contribution in [2.24, 2.45) is 11.8 Å². The number of amides is 1. The second-order valence-electron chi connectivity index (χ2n) is 10.4. The van der Waals surface area contributed by atoms with Crippen LogP contribution in [0.25, 0.3) is 0 Å². The number of rotatable bonds is 4. The molecule has 2 saturated heterocycles. The molecule has 2 bridgehead atoms. The summed E-state index contributed by atoms with van der Waals surface area (Å²) >= 11 is 6.34. The van der Waals surface area contributed by atoms with Crippen LogP contribution in [-0.4, -0.2) is 58.0 Å². The van der Waals surface area contributed by atoms with Crippen molar-refractivity contribution < 1.29 is 19.0 Å². The largest absolute Gasteiger partial charge is 0.473 e. The number of nitrogens with zero attached hydrogens (tertiary/aromatic N) is 4. The van der Waals surface area contributed by atoms with Gasteiger partial charge in [0.05, 0.1) is 40.1 Å². The number of halogens is 1. The number of carbonyl (C=O) groups is 1. The molecule has 1 aromatic heterocycles. The summed E-state index contributed by atoms with van der Waals surface area (Å²) in [5, 5.41) is 12.7. The van der Waals surface area contributed by atoms with Crippen LogP contribution in [0.3, 0.4) is 0 Å². The van der Waals surface area contributed by atoms with E-state index in [2.05, 4.69) is 21.4 Å². The molecule has 1 aromatic carbocycles. The highest BCUT2D eigenvalue weighted by molar-refractivity contribution is 6.33. The predicted molar refractivity (Wildman–Crippen MR) is 135 cm³/mol. The van der Waals surface area contributed by atoms with Crippen LogP contribution in [0.15, 0.2) is 24.5 Å². The van der Waals surface area contributed by atoms with Crippen molar-refractivity contribution in [3.8, 4) is 11.9 Å². The van der Waals surface area contributed by atoms with E-state index in [0.717, 1.165) is 5.56 Å². The first kappa shape index (κ1) is 26.0. The van der Waals surface area contributed by atoms with Crippen LogP contribution in [0, 0.1) is 30.1 Å². The molecule has 1 amide bonds. The van der Waals surface area contributed by atoms with Crippen LogP contribution in [-0.2, 0) is 9.47 Å². The minimum absolute atomic E-state index is 0.0498. The maximum atomic E-state index is 12.8. The van der Waals surface area contributed by atoms with Gasteiger partial charge in [0.15, 0.2) is 0 Å². The van der Waals surface area contributed by atoms with Crippen LogP contribution >= 0.6 is 11.6 Å². The van der Waals surface area contributed by atoms with E-state index in [1.807, 2.05) is 41.5 Å². The summed E-state index contributed by atoms with van der Waals surface area (Å²) < 4.78 is 18.3. The van der Waals surface area contributed by atoms with Gasteiger partial charge in [0.1, 0.15) is 23.9 Å². The van der Waals surface area contributed by atoms with Gasteiger partial charge >= 0.3 is 6.09 Å². The number of hydrogen-bond donors (Lipinski definition) is 1. The third kappa shape index (κ3) is 5.50. The van der Waals surface area contributed by atoms with Gasteiger partial charge in [-0.3, -0.25) is 0 Å². The molecule has 0 saturated carbocycles. The second-order valence-corrected chi connectivity index (χ2v) is 10.8. The number of carbonyl (C=O) groups excluding carboxylic acids is 1. The molecule has 4 unspecified atom stereocenters. The summed E-state index contributed by atoms with van der Waals surface area (Å²) in [4.78, 5) is 23.4. The van der Waals surface area contributed by atoms with Gasteiger partial charge in [-0.15, -0.1) is 0 Å². The Balaban J connectivity index is 1.55. The van der Waals surface area contributed by atoms with Crippen molar-refractivity contribution in [3.05, 3.63) is 40.7 Å². The van der Waals surface area contributed by atoms with E-state index < -0.39 is 5.60 Å². The van der Waals surface area contributed by atoms with Gasteiger partial charge in [0.25, 0.3) is 0 Å². The van der Waals surface area contributed by atoms with Gasteiger partial charge in [-0.2, -0.15) is 5.26 Å². The van der Waals surface area contributed by atoms with Crippen LogP contribution in [0.5, 0.6) is 5.88 Å². The Morgan fingerprint density at radius 2 is 1.89 bits per heavy atom. The number of hydrogen-bond acceptors (Lipinski definition) is 8. The topological polar surface area (TPSA) is 110 Å². The van der Waals surface area contributed by atoms with Gasteiger partial charge in [-0.25, -0.2) is 14.8 Å². The van der Waals surface area contributed by atoms with E-state index in [1.165, 1.54) is 6.33 Å². The van der Waals surface area contributed by atoms with Gasteiger partial charge < -0.3 is 24.4 Å². The van der Waals surface area contributed by atoms with E-state index in [-0.39, 0.29) is 36.2 Å². The monoisotopic (exact) mass is 513 g/mol. The number of fused-ring (bicyclic) bond motifs is 2. The molecule has 2 fully saturated rings. The molecule has 2 aromatic rings. The zero-order valence-electron chi connectivity index (χ0n) is 21.4. The molecule has 4 atom stereocenters. The highest BCUT2D eigenvalue weighted by Gasteiger charge is 2.50. The predicted octanol–water partition coefficient (Wildman–Crippen LogP) is 5.09. The van der Waals surface area contributed by atoms with Crippen molar-refractivity contribution in [2.75, 3.05) is 18.4 Å². The molecule has 1 N–H and O–H groups in total. The lowest BCUT2D eigenvalue weighted by atomic mass is 9.77. The molecule has 0 aliphatic carbocycles. The highest BCUT2D eigenvalue weighted by Crippen LogP contribution is 2.39. The Bertz CT molecular complexity index is 1160. The van der Waals surface area contributed by atoms with E-state index in [0.29, 0.717) is 41.1 Å². The van der Waals surface area contributed by atoms with Crippen molar-refractivity contribution >= 4 is 29.2 Å². The molecule has 3 heterocycles. The molecule has 2 aliphatic heterocycles. The minimum atomic E-state index is -0.563. The Morgan fingerprint density at radius 3 is 2.47 bits per heavy atom. The zero-order valence-corrected chi connectivity index (χ0v) is 22.2. The van der Waals surface area contributed by atoms with Gasteiger partial charge in [0.2, 0.25) is 5.88 Å². The van der Waals surface area contributed by atoms with Crippen LogP contribution in [0.2, 0.25) is 5.02 Å². The third-order valence-electron chi connectivity index (χ3n) is 6.63. The van der Waals surface area contributed by atoms with E-state index in [1.54, 1.807) is 23.1 Å². The van der Waals surface area contributed by atoms with Crippen molar-refractivity contribution in [2.45, 2.75) is 65.5 Å². The molecule has 0 spiro atoms. The van der Waals surface area contributed by atoms with Crippen molar-refractivity contribution in [3.63, 3.8) is 0 Å². The average molecular weight is 514 g/mol. The van der Waals surface area contributed by atoms with Gasteiger partial charge in [-0.1, -0.05) is 11.6 Å². The quantitative estimate of drug-likeness (QED) is 0.602. The normalized spacial score (nSPS) is 25.6. The van der Waals surface area contributed by atoms with Crippen LogP contribution in [0.4, 0.5) is 16.3 Å². The van der Waals surface area contributed by atoms with E-state index in [4.69, 9.17) is 31.1 Å². The Hall–Kier alpha value is -3.09. The van der Waals surface area contributed by atoms with Gasteiger partial charge in [-0.05, 0) is 59.7 Å². The fraction of sp³-hybridized carbons (Fsp3) is 0.538. The van der Waals surface area contributed by atoms with Crippen molar-refractivity contribution in [1.29, 1.82) is 5.26 Å². The molecule has 36 heavy (non-hydrogen) atoms.